The maximum absolute atomic E-state index is 11.5. The number of benzene rings is 1. The molecule has 0 bridgehead atoms. The molecule has 1 aromatic rings. The molecule has 1 aromatic carbocycles. The zero-order chi connectivity index (χ0) is 13.0. The minimum Gasteiger partial charge on any atom is -0.465 e. The fourth-order valence-corrected chi connectivity index (χ4v) is 2.20. The highest BCUT2D eigenvalue weighted by molar-refractivity contribution is 5.89. The molecule has 18 heavy (non-hydrogen) atoms. The Kier molecular flexibility index (Phi) is 4.33. The number of esters is 1. The van der Waals surface area contributed by atoms with Crippen LogP contribution in [0.1, 0.15) is 21.5 Å². The summed E-state index contributed by atoms with van der Waals surface area (Å²) in [6.07, 6.45) is 0. The van der Waals surface area contributed by atoms with E-state index in [2.05, 4.69) is 17.1 Å². The molecular formula is C14H20N2O2. The molecule has 1 heterocycles. The molecule has 0 atom stereocenters. The van der Waals surface area contributed by atoms with Gasteiger partial charge in [-0.25, -0.2) is 4.79 Å². The first-order valence-electron chi connectivity index (χ1n) is 6.31. The fraction of sp³-hybridized carbons (Fsp3) is 0.500. The number of ether oxygens (including phenoxy) is 1. The van der Waals surface area contributed by atoms with Gasteiger partial charge in [0.15, 0.2) is 0 Å². The van der Waals surface area contributed by atoms with E-state index in [1.165, 1.54) is 18.2 Å². The predicted octanol–water partition coefficient (Wildman–Crippen LogP) is 1.19. The molecule has 1 fully saturated rings. The highest BCUT2D eigenvalue weighted by Crippen LogP contribution is 2.15. The van der Waals surface area contributed by atoms with E-state index in [0.29, 0.717) is 5.56 Å². The molecule has 4 nitrogen and oxygen atoms in total. The Morgan fingerprint density at radius 2 is 2.11 bits per heavy atom. The summed E-state index contributed by atoms with van der Waals surface area (Å²) in [5.74, 6) is -0.267. The predicted molar refractivity (Wildman–Crippen MR) is 70.7 cm³/mol. The molecule has 0 aliphatic carbocycles. The molecule has 98 valence electrons. The van der Waals surface area contributed by atoms with E-state index in [1.54, 1.807) is 0 Å². The summed E-state index contributed by atoms with van der Waals surface area (Å²) >= 11 is 0. The summed E-state index contributed by atoms with van der Waals surface area (Å²) in [5.41, 5.74) is 3.06. The average Bonchev–Trinajstić information content (AvgIpc) is 2.41. The van der Waals surface area contributed by atoms with Gasteiger partial charge in [0.2, 0.25) is 0 Å². The van der Waals surface area contributed by atoms with Crippen LogP contribution < -0.4 is 5.32 Å². The standard InChI is InChI=1S/C14H20N2O2/c1-11-3-4-12(14(17)18-2)9-13(11)10-16-7-5-15-6-8-16/h3-4,9,15H,5-8,10H2,1-2H3. The van der Waals surface area contributed by atoms with Crippen LogP contribution in [0.4, 0.5) is 0 Å². The van der Waals surface area contributed by atoms with Gasteiger partial charge in [0.1, 0.15) is 0 Å². The van der Waals surface area contributed by atoms with Crippen molar-refractivity contribution in [2.45, 2.75) is 13.5 Å². The van der Waals surface area contributed by atoms with Crippen molar-refractivity contribution in [3.8, 4) is 0 Å². The Labute approximate surface area is 108 Å². The summed E-state index contributed by atoms with van der Waals surface area (Å²) < 4.78 is 4.76. The van der Waals surface area contributed by atoms with Gasteiger partial charge in [-0.3, -0.25) is 4.90 Å². The average molecular weight is 248 g/mol. The van der Waals surface area contributed by atoms with Gasteiger partial charge >= 0.3 is 5.97 Å². The SMILES string of the molecule is COC(=O)c1ccc(C)c(CN2CCNCC2)c1. The second-order valence-corrected chi connectivity index (χ2v) is 4.66. The Morgan fingerprint density at radius 3 is 2.78 bits per heavy atom. The van der Waals surface area contributed by atoms with E-state index >= 15 is 0 Å². The van der Waals surface area contributed by atoms with Crippen molar-refractivity contribution in [1.82, 2.24) is 10.2 Å². The number of rotatable bonds is 3. The molecule has 0 saturated carbocycles. The summed E-state index contributed by atoms with van der Waals surface area (Å²) in [4.78, 5) is 13.9. The van der Waals surface area contributed by atoms with Gasteiger partial charge in [-0.1, -0.05) is 6.07 Å². The van der Waals surface area contributed by atoms with E-state index in [9.17, 15) is 4.79 Å². The number of carbonyl (C=O) groups excluding carboxylic acids is 1. The number of aryl methyl sites for hydroxylation is 1. The number of nitrogens with one attached hydrogen (secondary N) is 1. The van der Waals surface area contributed by atoms with Crippen molar-refractivity contribution < 1.29 is 9.53 Å². The summed E-state index contributed by atoms with van der Waals surface area (Å²) in [5, 5.41) is 3.34. The van der Waals surface area contributed by atoms with E-state index in [0.717, 1.165) is 32.7 Å². The Morgan fingerprint density at radius 1 is 1.39 bits per heavy atom. The molecule has 1 saturated heterocycles. The second kappa shape index (κ2) is 5.98. The summed E-state index contributed by atoms with van der Waals surface area (Å²) in [7, 11) is 1.41. The number of hydrogen-bond acceptors (Lipinski definition) is 4. The van der Waals surface area contributed by atoms with E-state index < -0.39 is 0 Å². The van der Waals surface area contributed by atoms with Crippen LogP contribution in [0.5, 0.6) is 0 Å². The number of carbonyl (C=O) groups is 1. The lowest BCUT2D eigenvalue weighted by atomic mass is 10.0. The van der Waals surface area contributed by atoms with Crippen molar-refractivity contribution in [3.63, 3.8) is 0 Å². The summed E-state index contributed by atoms with van der Waals surface area (Å²) in [6.45, 7) is 7.17. The Hall–Kier alpha value is -1.39. The quantitative estimate of drug-likeness (QED) is 0.816. The third-order valence-electron chi connectivity index (χ3n) is 3.37. The highest BCUT2D eigenvalue weighted by atomic mass is 16.5. The summed E-state index contributed by atoms with van der Waals surface area (Å²) in [6, 6.07) is 5.76. The first-order valence-corrected chi connectivity index (χ1v) is 6.31. The Balaban J connectivity index is 2.12. The number of hydrogen-bond donors (Lipinski definition) is 1. The molecule has 0 radical (unpaired) electrons. The topological polar surface area (TPSA) is 41.6 Å². The van der Waals surface area contributed by atoms with Crippen molar-refractivity contribution >= 4 is 5.97 Å². The van der Waals surface area contributed by atoms with Crippen LogP contribution in [-0.2, 0) is 11.3 Å². The number of nitrogens with zero attached hydrogens (tertiary/aromatic N) is 1. The van der Waals surface area contributed by atoms with Gasteiger partial charge in [-0.05, 0) is 30.2 Å². The molecule has 0 spiro atoms. The van der Waals surface area contributed by atoms with Crippen molar-refractivity contribution in [2.75, 3.05) is 33.3 Å². The highest BCUT2D eigenvalue weighted by Gasteiger charge is 2.13. The molecular weight excluding hydrogens is 228 g/mol. The second-order valence-electron chi connectivity index (χ2n) is 4.66. The van der Waals surface area contributed by atoms with Crippen molar-refractivity contribution in [3.05, 3.63) is 34.9 Å². The van der Waals surface area contributed by atoms with Crippen molar-refractivity contribution in [1.29, 1.82) is 0 Å². The van der Waals surface area contributed by atoms with Crippen LogP contribution in [0.2, 0.25) is 0 Å². The smallest absolute Gasteiger partial charge is 0.337 e. The normalized spacial score (nSPS) is 16.6. The lowest BCUT2D eigenvalue weighted by molar-refractivity contribution is 0.0600. The number of methoxy groups -OCH3 is 1. The Bertz CT molecular complexity index is 426. The zero-order valence-electron chi connectivity index (χ0n) is 11.0. The maximum Gasteiger partial charge on any atom is 0.337 e. The van der Waals surface area contributed by atoms with Gasteiger partial charge in [0.05, 0.1) is 12.7 Å². The lowest BCUT2D eigenvalue weighted by Gasteiger charge is -2.27. The molecule has 4 heteroatoms. The fourth-order valence-electron chi connectivity index (χ4n) is 2.20. The van der Waals surface area contributed by atoms with Crippen LogP contribution in [0, 0.1) is 6.92 Å². The monoisotopic (exact) mass is 248 g/mol. The molecule has 0 unspecified atom stereocenters. The van der Waals surface area contributed by atoms with Gasteiger partial charge < -0.3 is 10.1 Å². The molecule has 1 aliphatic heterocycles. The van der Waals surface area contributed by atoms with E-state index in [4.69, 9.17) is 4.74 Å². The minimum atomic E-state index is -0.267. The van der Waals surface area contributed by atoms with Crippen LogP contribution in [0.25, 0.3) is 0 Å². The first-order chi connectivity index (χ1) is 8.70. The lowest BCUT2D eigenvalue weighted by Crippen LogP contribution is -2.43. The number of piperazine rings is 1. The molecule has 1 N–H and O–H groups in total. The minimum absolute atomic E-state index is 0.267. The third-order valence-corrected chi connectivity index (χ3v) is 3.37. The van der Waals surface area contributed by atoms with Crippen LogP contribution in [-0.4, -0.2) is 44.2 Å². The van der Waals surface area contributed by atoms with Crippen LogP contribution >= 0.6 is 0 Å². The van der Waals surface area contributed by atoms with Crippen LogP contribution in [0.3, 0.4) is 0 Å². The molecule has 2 rings (SSSR count). The van der Waals surface area contributed by atoms with E-state index in [-0.39, 0.29) is 5.97 Å². The molecule has 0 aromatic heterocycles. The zero-order valence-corrected chi connectivity index (χ0v) is 11.0. The van der Waals surface area contributed by atoms with Crippen LogP contribution in [0.15, 0.2) is 18.2 Å². The first kappa shape index (κ1) is 13.1. The third kappa shape index (κ3) is 3.09. The maximum atomic E-state index is 11.5. The van der Waals surface area contributed by atoms with Gasteiger partial charge in [0.25, 0.3) is 0 Å². The molecule has 1 aliphatic rings. The van der Waals surface area contributed by atoms with Gasteiger partial charge in [-0.2, -0.15) is 0 Å². The molecule has 0 amide bonds. The van der Waals surface area contributed by atoms with E-state index in [1.807, 2.05) is 18.2 Å². The van der Waals surface area contributed by atoms with Gasteiger partial charge in [0, 0.05) is 32.7 Å². The van der Waals surface area contributed by atoms with Crippen molar-refractivity contribution in [2.24, 2.45) is 0 Å². The largest absolute Gasteiger partial charge is 0.465 e. The van der Waals surface area contributed by atoms with Gasteiger partial charge in [-0.15, -0.1) is 0 Å².